The van der Waals surface area contributed by atoms with E-state index in [0.29, 0.717) is 24.2 Å². The van der Waals surface area contributed by atoms with Crippen LogP contribution >= 0.6 is 0 Å². The molecular formula is C12H16N2O4. The number of carboxylic acids is 1. The third-order valence-electron chi connectivity index (χ3n) is 2.34. The van der Waals surface area contributed by atoms with Gasteiger partial charge in [-0.1, -0.05) is 30.6 Å². The third-order valence-corrected chi connectivity index (χ3v) is 2.34. The zero-order chi connectivity index (χ0) is 13.5. The maximum atomic E-state index is 11.0. The Balaban J connectivity index is 2.86. The van der Waals surface area contributed by atoms with E-state index in [1.807, 2.05) is 6.92 Å². The standard InChI is InChI=1S/C12H16N2O4/c1-2-4-10(12(15)16)18-9-6-3-5-8(7-9)11(13)14-17/h3,5-7,10,17H,2,4H2,1H3,(H2,13,14)(H,15,16)/t10-/m0/s1. The number of rotatable bonds is 6. The molecule has 0 unspecified atom stereocenters. The van der Waals surface area contributed by atoms with Crippen molar-refractivity contribution in [1.82, 2.24) is 0 Å². The summed E-state index contributed by atoms with van der Waals surface area (Å²) in [5.41, 5.74) is 5.91. The zero-order valence-electron chi connectivity index (χ0n) is 10.0. The number of ether oxygens (including phenoxy) is 1. The highest BCUT2D eigenvalue weighted by Crippen LogP contribution is 2.16. The summed E-state index contributed by atoms with van der Waals surface area (Å²) in [6, 6.07) is 6.44. The summed E-state index contributed by atoms with van der Waals surface area (Å²) in [5.74, 6) is -0.686. The van der Waals surface area contributed by atoms with Crippen LogP contribution in [0.5, 0.6) is 5.75 Å². The van der Waals surface area contributed by atoms with Crippen LogP contribution in [-0.4, -0.2) is 28.2 Å². The fourth-order valence-corrected chi connectivity index (χ4v) is 1.45. The average Bonchev–Trinajstić information content (AvgIpc) is 2.37. The van der Waals surface area contributed by atoms with Crippen molar-refractivity contribution in [3.05, 3.63) is 29.8 Å². The second kappa shape index (κ2) is 6.48. The zero-order valence-corrected chi connectivity index (χ0v) is 10.0. The van der Waals surface area contributed by atoms with E-state index in [1.165, 1.54) is 6.07 Å². The van der Waals surface area contributed by atoms with Crippen LogP contribution in [0.4, 0.5) is 0 Å². The fraction of sp³-hybridized carbons (Fsp3) is 0.333. The SMILES string of the molecule is CCC[C@H](Oc1cccc(C(N)=NO)c1)C(=O)O. The largest absolute Gasteiger partial charge is 0.479 e. The highest BCUT2D eigenvalue weighted by molar-refractivity contribution is 5.97. The third kappa shape index (κ3) is 3.65. The molecule has 0 spiro atoms. The molecule has 0 bridgehead atoms. The molecule has 0 aromatic heterocycles. The van der Waals surface area contributed by atoms with E-state index in [2.05, 4.69) is 5.16 Å². The Morgan fingerprint density at radius 1 is 1.56 bits per heavy atom. The maximum absolute atomic E-state index is 11.0. The van der Waals surface area contributed by atoms with E-state index < -0.39 is 12.1 Å². The van der Waals surface area contributed by atoms with Gasteiger partial charge in [0.25, 0.3) is 0 Å². The molecule has 18 heavy (non-hydrogen) atoms. The Labute approximate surface area is 105 Å². The molecule has 0 saturated heterocycles. The number of nitrogens with zero attached hydrogens (tertiary/aromatic N) is 1. The maximum Gasteiger partial charge on any atom is 0.344 e. The molecule has 0 heterocycles. The smallest absolute Gasteiger partial charge is 0.344 e. The minimum atomic E-state index is -1.01. The normalized spacial score (nSPS) is 13.1. The summed E-state index contributed by atoms with van der Waals surface area (Å²) in [7, 11) is 0. The highest BCUT2D eigenvalue weighted by atomic mass is 16.5. The van der Waals surface area contributed by atoms with Gasteiger partial charge in [0.2, 0.25) is 0 Å². The molecule has 0 amide bonds. The second-order valence-corrected chi connectivity index (χ2v) is 3.75. The number of benzene rings is 1. The Morgan fingerprint density at radius 2 is 2.28 bits per heavy atom. The molecule has 1 aromatic rings. The molecule has 98 valence electrons. The lowest BCUT2D eigenvalue weighted by Gasteiger charge is -2.14. The van der Waals surface area contributed by atoms with Crippen LogP contribution in [-0.2, 0) is 4.79 Å². The van der Waals surface area contributed by atoms with Crippen molar-refractivity contribution >= 4 is 11.8 Å². The number of nitrogens with two attached hydrogens (primary N) is 1. The average molecular weight is 252 g/mol. The fourth-order valence-electron chi connectivity index (χ4n) is 1.45. The van der Waals surface area contributed by atoms with Crippen LogP contribution < -0.4 is 10.5 Å². The number of carboxylic acid groups (broad SMARTS) is 1. The van der Waals surface area contributed by atoms with E-state index >= 15 is 0 Å². The molecule has 4 N–H and O–H groups in total. The molecule has 6 nitrogen and oxygen atoms in total. The van der Waals surface area contributed by atoms with E-state index in [9.17, 15) is 4.79 Å². The van der Waals surface area contributed by atoms with Gasteiger partial charge in [-0.05, 0) is 18.6 Å². The summed E-state index contributed by atoms with van der Waals surface area (Å²) in [5, 5.41) is 20.4. The molecule has 0 fully saturated rings. The van der Waals surface area contributed by atoms with Crippen molar-refractivity contribution in [2.75, 3.05) is 0 Å². The van der Waals surface area contributed by atoms with Crippen LogP contribution in [0.15, 0.2) is 29.4 Å². The van der Waals surface area contributed by atoms with Crippen molar-refractivity contribution in [3.63, 3.8) is 0 Å². The lowest BCUT2D eigenvalue weighted by Crippen LogP contribution is -2.26. The van der Waals surface area contributed by atoms with Crippen LogP contribution in [0.3, 0.4) is 0 Å². The van der Waals surface area contributed by atoms with Gasteiger partial charge in [0.15, 0.2) is 11.9 Å². The highest BCUT2D eigenvalue weighted by Gasteiger charge is 2.18. The Hall–Kier alpha value is -2.24. The van der Waals surface area contributed by atoms with E-state index in [1.54, 1.807) is 18.2 Å². The van der Waals surface area contributed by atoms with Crippen molar-refractivity contribution < 1.29 is 19.8 Å². The van der Waals surface area contributed by atoms with Gasteiger partial charge in [0, 0.05) is 5.56 Å². The molecule has 1 atom stereocenters. The molecule has 0 aliphatic carbocycles. The first-order valence-electron chi connectivity index (χ1n) is 5.56. The molecular weight excluding hydrogens is 236 g/mol. The summed E-state index contributed by atoms with van der Waals surface area (Å²) in [6.45, 7) is 1.88. The number of amidine groups is 1. The lowest BCUT2D eigenvalue weighted by molar-refractivity contribution is -0.145. The van der Waals surface area contributed by atoms with E-state index in [4.69, 9.17) is 20.8 Å². The van der Waals surface area contributed by atoms with Crippen molar-refractivity contribution in [2.45, 2.75) is 25.9 Å². The number of hydrogen-bond donors (Lipinski definition) is 3. The predicted octanol–water partition coefficient (Wildman–Crippen LogP) is 1.41. The summed E-state index contributed by atoms with van der Waals surface area (Å²) < 4.78 is 5.36. The topological polar surface area (TPSA) is 105 Å². The Morgan fingerprint density at radius 3 is 2.83 bits per heavy atom. The van der Waals surface area contributed by atoms with Gasteiger partial charge in [-0.2, -0.15) is 0 Å². The number of carbonyl (C=O) groups is 1. The minimum Gasteiger partial charge on any atom is -0.479 e. The van der Waals surface area contributed by atoms with Gasteiger partial charge in [-0.25, -0.2) is 4.79 Å². The predicted molar refractivity (Wildman–Crippen MR) is 65.9 cm³/mol. The molecule has 0 radical (unpaired) electrons. The van der Waals surface area contributed by atoms with Gasteiger partial charge in [0.05, 0.1) is 0 Å². The first-order chi connectivity index (χ1) is 8.58. The Bertz CT molecular complexity index is 445. The van der Waals surface area contributed by atoms with E-state index in [-0.39, 0.29) is 5.84 Å². The van der Waals surface area contributed by atoms with Gasteiger partial charge in [0.1, 0.15) is 5.75 Å². The van der Waals surface area contributed by atoms with Crippen LogP contribution in [0.25, 0.3) is 0 Å². The van der Waals surface area contributed by atoms with Crippen molar-refractivity contribution in [3.8, 4) is 5.75 Å². The van der Waals surface area contributed by atoms with Crippen LogP contribution in [0, 0.1) is 0 Å². The molecule has 0 aliphatic heterocycles. The van der Waals surface area contributed by atoms with Crippen molar-refractivity contribution in [2.24, 2.45) is 10.9 Å². The first kappa shape index (κ1) is 13.8. The number of oxime groups is 1. The molecule has 6 heteroatoms. The number of aliphatic carboxylic acids is 1. The number of hydrogen-bond acceptors (Lipinski definition) is 4. The summed E-state index contributed by atoms with van der Waals surface area (Å²) in [4.78, 5) is 11.0. The summed E-state index contributed by atoms with van der Waals surface area (Å²) >= 11 is 0. The van der Waals surface area contributed by atoms with Gasteiger partial charge in [-0.15, -0.1) is 0 Å². The van der Waals surface area contributed by atoms with Gasteiger partial charge < -0.3 is 20.8 Å². The van der Waals surface area contributed by atoms with E-state index in [0.717, 1.165) is 0 Å². The quantitative estimate of drug-likeness (QED) is 0.307. The van der Waals surface area contributed by atoms with Crippen LogP contribution in [0.2, 0.25) is 0 Å². The minimum absolute atomic E-state index is 0.0529. The van der Waals surface area contributed by atoms with Gasteiger partial charge in [-0.3, -0.25) is 0 Å². The lowest BCUT2D eigenvalue weighted by atomic mass is 10.2. The Kier molecular flexibility index (Phi) is 4.98. The van der Waals surface area contributed by atoms with Gasteiger partial charge >= 0.3 is 5.97 Å². The monoisotopic (exact) mass is 252 g/mol. The van der Waals surface area contributed by atoms with Crippen molar-refractivity contribution in [1.29, 1.82) is 0 Å². The molecule has 1 aromatic carbocycles. The molecule has 0 saturated carbocycles. The summed E-state index contributed by atoms with van der Waals surface area (Å²) in [6.07, 6.45) is 0.234. The first-order valence-corrected chi connectivity index (χ1v) is 5.56. The molecule has 1 rings (SSSR count). The molecule has 0 aliphatic rings. The van der Waals surface area contributed by atoms with Crippen LogP contribution in [0.1, 0.15) is 25.3 Å². The second-order valence-electron chi connectivity index (χ2n) is 3.75.